The minimum absolute atomic E-state index is 0.0447. The van der Waals surface area contributed by atoms with Crippen LogP contribution >= 0.6 is 0 Å². The van der Waals surface area contributed by atoms with Crippen LogP contribution in [-0.2, 0) is 25.1 Å². The van der Waals surface area contributed by atoms with Gasteiger partial charge >= 0.3 is 0 Å². The lowest BCUT2D eigenvalue weighted by molar-refractivity contribution is 0.178. The topological polar surface area (TPSA) is 71.5 Å². The van der Waals surface area contributed by atoms with Gasteiger partial charge in [0.2, 0.25) is 0 Å². The van der Waals surface area contributed by atoms with Gasteiger partial charge in [0, 0.05) is 6.04 Å². The van der Waals surface area contributed by atoms with Crippen LogP contribution in [0, 0.1) is 0 Å². The molecule has 1 aromatic rings. The van der Waals surface area contributed by atoms with Gasteiger partial charge in [-0.3, -0.25) is 4.90 Å². The first-order valence-electron chi connectivity index (χ1n) is 9.30. The zero-order chi connectivity index (χ0) is 19.2. The molecule has 2 atom stereocenters. The van der Waals surface area contributed by atoms with Crippen molar-refractivity contribution in [2.24, 2.45) is 0 Å². The lowest BCUT2D eigenvalue weighted by Gasteiger charge is -2.34. The van der Waals surface area contributed by atoms with Crippen LogP contribution in [0.1, 0.15) is 45.6 Å². The number of benzene rings is 1. The summed E-state index contributed by atoms with van der Waals surface area (Å²) in [6.45, 7) is 7.80. The highest BCUT2D eigenvalue weighted by atomic mass is 32.2. The number of sulfone groups is 2. The molecule has 0 radical (unpaired) electrons. The third-order valence-corrected chi connectivity index (χ3v) is 9.71. The van der Waals surface area contributed by atoms with E-state index >= 15 is 0 Å². The second kappa shape index (κ2) is 6.91. The Morgan fingerprint density at radius 2 is 1.54 bits per heavy atom. The van der Waals surface area contributed by atoms with Crippen LogP contribution in [0.2, 0.25) is 0 Å². The molecule has 0 amide bonds. The second-order valence-electron chi connectivity index (χ2n) is 8.60. The molecule has 0 N–H and O–H groups in total. The number of hydrogen-bond acceptors (Lipinski definition) is 5. The standard InChI is InChI=1S/C19H29NO4S2/c1-19(2,3)15-7-9-16(10-8-15)26(23,24)18-14-25(21,22)13-17(18)20-11-5-4-6-12-20/h7-10,17-18H,4-6,11-14H2,1-3H3/t17-,18-/m0/s1. The van der Waals surface area contributed by atoms with E-state index in [1.165, 1.54) is 0 Å². The largest absolute Gasteiger partial charge is 0.298 e. The van der Waals surface area contributed by atoms with Crippen molar-refractivity contribution in [2.45, 2.75) is 61.6 Å². The zero-order valence-electron chi connectivity index (χ0n) is 15.8. The Morgan fingerprint density at radius 1 is 0.962 bits per heavy atom. The Hall–Kier alpha value is -0.920. The van der Waals surface area contributed by atoms with Crippen molar-refractivity contribution in [3.63, 3.8) is 0 Å². The summed E-state index contributed by atoms with van der Waals surface area (Å²) in [7, 11) is -7.03. The van der Waals surface area contributed by atoms with Gasteiger partial charge in [0.05, 0.1) is 21.7 Å². The van der Waals surface area contributed by atoms with Crippen molar-refractivity contribution in [3.8, 4) is 0 Å². The summed E-state index contributed by atoms with van der Waals surface area (Å²) in [5.41, 5.74) is 0.998. The maximum Gasteiger partial charge on any atom is 0.183 e. The van der Waals surface area contributed by atoms with Crippen molar-refractivity contribution in [3.05, 3.63) is 29.8 Å². The van der Waals surface area contributed by atoms with Gasteiger partial charge < -0.3 is 0 Å². The minimum atomic E-state index is -3.69. The summed E-state index contributed by atoms with van der Waals surface area (Å²) in [5.74, 6) is -0.311. The van der Waals surface area contributed by atoms with Crippen LogP contribution in [-0.4, -0.2) is 57.6 Å². The van der Waals surface area contributed by atoms with E-state index in [1.54, 1.807) is 12.1 Å². The Kier molecular flexibility index (Phi) is 5.27. The van der Waals surface area contributed by atoms with Crippen molar-refractivity contribution in [1.29, 1.82) is 0 Å². The molecule has 2 fully saturated rings. The lowest BCUT2D eigenvalue weighted by atomic mass is 9.87. The summed E-state index contributed by atoms with van der Waals surface area (Å²) in [6.07, 6.45) is 3.13. The number of hydrogen-bond donors (Lipinski definition) is 0. The highest BCUT2D eigenvalue weighted by Gasteiger charge is 2.48. The smallest absolute Gasteiger partial charge is 0.183 e. The molecule has 2 saturated heterocycles. The minimum Gasteiger partial charge on any atom is -0.298 e. The molecule has 0 saturated carbocycles. The Balaban J connectivity index is 1.93. The molecular weight excluding hydrogens is 370 g/mol. The fraction of sp³-hybridized carbons (Fsp3) is 0.684. The highest BCUT2D eigenvalue weighted by molar-refractivity contribution is 7.96. The van der Waals surface area contributed by atoms with E-state index in [0.29, 0.717) is 0 Å². The summed E-state index contributed by atoms with van der Waals surface area (Å²) < 4.78 is 51.0. The van der Waals surface area contributed by atoms with E-state index in [9.17, 15) is 16.8 Å². The van der Waals surface area contributed by atoms with Gasteiger partial charge in [0.25, 0.3) is 0 Å². The van der Waals surface area contributed by atoms with Crippen LogP contribution in [0.5, 0.6) is 0 Å². The first-order chi connectivity index (χ1) is 12.0. The molecule has 5 nitrogen and oxygen atoms in total. The second-order valence-corrected chi connectivity index (χ2v) is 12.9. The molecule has 0 unspecified atom stereocenters. The highest BCUT2D eigenvalue weighted by Crippen LogP contribution is 2.31. The average molecular weight is 400 g/mol. The van der Waals surface area contributed by atoms with Gasteiger partial charge in [-0.25, -0.2) is 16.8 Å². The number of rotatable bonds is 3. The summed E-state index contributed by atoms with van der Waals surface area (Å²) in [5, 5.41) is -0.869. The number of piperidine rings is 1. The predicted octanol–water partition coefficient (Wildman–Crippen LogP) is 2.41. The van der Waals surface area contributed by atoms with Gasteiger partial charge in [-0.15, -0.1) is 0 Å². The maximum absolute atomic E-state index is 13.2. The molecule has 26 heavy (non-hydrogen) atoms. The first-order valence-corrected chi connectivity index (χ1v) is 12.7. The fourth-order valence-electron chi connectivity index (χ4n) is 4.00. The van der Waals surface area contributed by atoms with Crippen LogP contribution in [0.3, 0.4) is 0 Å². The molecule has 7 heteroatoms. The summed E-state index contributed by atoms with van der Waals surface area (Å²) >= 11 is 0. The van der Waals surface area contributed by atoms with Crippen molar-refractivity contribution < 1.29 is 16.8 Å². The normalized spacial score (nSPS) is 27.5. The molecule has 3 rings (SSSR count). The number of likely N-dealkylation sites (tertiary alicyclic amines) is 1. The molecule has 2 aliphatic heterocycles. The Labute approximate surface area is 157 Å². The van der Waals surface area contributed by atoms with Gasteiger partial charge in [-0.1, -0.05) is 39.3 Å². The molecule has 1 aromatic carbocycles. The molecule has 2 aliphatic rings. The predicted molar refractivity (Wildman–Crippen MR) is 104 cm³/mol. The van der Waals surface area contributed by atoms with E-state index < -0.39 is 31.0 Å². The maximum atomic E-state index is 13.2. The molecule has 0 aromatic heterocycles. The van der Waals surface area contributed by atoms with Crippen LogP contribution < -0.4 is 0 Å². The SMILES string of the molecule is CC(C)(C)c1ccc(S(=O)(=O)[C@H]2CS(=O)(=O)C[C@@H]2N2CCCCC2)cc1. The number of nitrogens with zero attached hydrogens (tertiary/aromatic N) is 1. The Bertz CT molecular complexity index is 846. The van der Waals surface area contributed by atoms with Crippen LogP contribution in [0.15, 0.2) is 29.2 Å². The summed E-state index contributed by atoms with van der Waals surface area (Å²) in [4.78, 5) is 2.31. The van der Waals surface area contributed by atoms with Crippen LogP contribution in [0.25, 0.3) is 0 Å². The monoisotopic (exact) mass is 399 g/mol. The van der Waals surface area contributed by atoms with E-state index in [4.69, 9.17) is 0 Å². The van der Waals surface area contributed by atoms with E-state index in [1.807, 2.05) is 12.1 Å². The van der Waals surface area contributed by atoms with E-state index in [-0.39, 0.29) is 21.8 Å². The molecular formula is C19H29NO4S2. The van der Waals surface area contributed by atoms with Crippen molar-refractivity contribution >= 4 is 19.7 Å². The lowest BCUT2D eigenvalue weighted by Crippen LogP contribution is -2.48. The molecule has 0 bridgehead atoms. The molecule has 0 spiro atoms. The van der Waals surface area contributed by atoms with Crippen LogP contribution in [0.4, 0.5) is 0 Å². The fourth-order valence-corrected chi connectivity index (χ4v) is 8.83. The van der Waals surface area contributed by atoms with Gasteiger partial charge in [-0.05, 0) is 49.0 Å². The van der Waals surface area contributed by atoms with Crippen molar-refractivity contribution in [2.75, 3.05) is 24.6 Å². The molecule has 2 heterocycles. The first kappa shape index (κ1) is 19.8. The third kappa shape index (κ3) is 3.99. The van der Waals surface area contributed by atoms with E-state index in [2.05, 4.69) is 25.7 Å². The molecule has 0 aliphatic carbocycles. The van der Waals surface area contributed by atoms with Gasteiger partial charge in [0.1, 0.15) is 0 Å². The third-order valence-electron chi connectivity index (χ3n) is 5.58. The zero-order valence-corrected chi connectivity index (χ0v) is 17.4. The molecule has 146 valence electrons. The average Bonchev–Trinajstić information content (AvgIpc) is 2.91. The summed E-state index contributed by atoms with van der Waals surface area (Å²) in [6, 6.07) is 6.52. The van der Waals surface area contributed by atoms with Gasteiger partial charge in [0.15, 0.2) is 19.7 Å². The van der Waals surface area contributed by atoms with Crippen molar-refractivity contribution in [1.82, 2.24) is 4.90 Å². The Morgan fingerprint density at radius 3 is 2.08 bits per heavy atom. The quantitative estimate of drug-likeness (QED) is 0.780. The van der Waals surface area contributed by atoms with E-state index in [0.717, 1.165) is 37.9 Å². The van der Waals surface area contributed by atoms with Gasteiger partial charge in [-0.2, -0.15) is 0 Å².